The first-order valence-corrected chi connectivity index (χ1v) is 23.4. The zero-order valence-corrected chi connectivity index (χ0v) is 42.0. The molecule has 4 aliphatic rings. The number of alkyl halides is 1. The fraction of sp³-hybridized carbons (Fsp3) is 0.292. The Morgan fingerprint density at radius 1 is 0.710 bits per heavy atom. The van der Waals surface area contributed by atoms with Crippen LogP contribution < -0.4 is 36.1 Å². The summed E-state index contributed by atoms with van der Waals surface area (Å²) in [6.45, 7) is 5.65. The van der Waals surface area contributed by atoms with Crippen LogP contribution >= 0.6 is 63.9 Å². The van der Waals surface area contributed by atoms with Crippen LogP contribution in [-0.4, -0.2) is 88.9 Å². The van der Waals surface area contributed by atoms with Gasteiger partial charge in [-0.25, -0.2) is 28.7 Å². The molecule has 4 heterocycles. The Labute approximate surface area is 428 Å². The van der Waals surface area contributed by atoms with Crippen LogP contribution in [-0.2, 0) is 9.59 Å². The first kappa shape index (κ1) is 53.0. The predicted octanol–water partition coefficient (Wildman–Crippen LogP) is 10.8. The van der Waals surface area contributed by atoms with Crippen LogP contribution in [0.4, 0.5) is 43.2 Å². The SMILES string of the molecule is C1NCC2CC12.COc1cc2ncnc(Nc3ccc(F)c(Cl)c3)c2cc1NC(=O)/C=C/CBr.COc1cc2ncnc(Nc3ccc(F)c(Cl)c3)c2cc1NC(=O)/C=C/CN1CC2CC2C1.Cl.Cl. The normalized spacial score (nSPS) is 18.4. The lowest BCUT2D eigenvalue weighted by Gasteiger charge is -2.14. The summed E-state index contributed by atoms with van der Waals surface area (Å²) in [5.74, 6) is 4.30. The molecule has 2 amide bonds. The molecule has 69 heavy (non-hydrogen) atoms. The third-order valence-corrected chi connectivity index (χ3v) is 12.7. The van der Waals surface area contributed by atoms with E-state index in [-0.39, 0.29) is 46.7 Å². The van der Waals surface area contributed by atoms with E-state index in [1.807, 2.05) is 6.08 Å². The van der Waals surface area contributed by atoms with Gasteiger partial charge < -0.3 is 36.1 Å². The lowest BCUT2D eigenvalue weighted by Crippen LogP contribution is -2.23. The molecule has 2 saturated heterocycles. The van der Waals surface area contributed by atoms with Gasteiger partial charge >= 0.3 is 0 Å². The number of piperidine rings is 2. The van der Waals surface area contributed by atoms with E-state index in [0.717, 1.165) is 43.3 Å². The zero-order valence-electron chi connectivity index (χ0n) is 37.3. The Kier molecular flexibility index (Phi) is 18.8. The predicted molar refractivity (Wildman–Crippen MR) is 278 cm³/mol. The van der Waals surface area contributed by atoms with Gasteiger partial charge in [0, 0.05) is 71.4 Å². The molecular formula is C48H49BrCl4F2N10O4. The standard InChI is InChI=1S/C24H23ClFN5O2.C19H15BrClFN4O2.C5H9N.2ClH/c1-33-22-10-20-17(24(28-13-27-20)29-16-4-5-19(26)18(25)8-16)9-21(22)30-23(32)3-2-6-31-11-14-7-15(14)12-31;1-28-17-9-15-12(8-16(17)26-18(27)3-2-6-20)19(24-10-23-15)25-11-4-5-14(22)13(21)7-11;1-4-2-6-3-5(1)4;;/h2-5,8-10,13-15H,6-7,11-12H2,1H3,(H,30,32)(H,27,28,29);2-5,7-10H,6H2,1H3,(H,26,27)(H,23,24,25);4-6H,1-3H2;2*1H/b2*3-2+;;;. The number of aromatic nitrogens is 4. The number of carbonyl (C=O) groups is 2. The molecule has 4 atom stereocenters. The van der Waals surface area contributed by atoms with Gasteiger partial charge in [0.1, 0.15) is 47.4 Å². The number of nitrogens with one attached hydrogen (secondary N) is 5. The van der Waals surface area contributed by atoms with Crippen molar-refractivity contribution in [2.45, 2.75) is 12.8 Å². The molecule has 10 rings (SSSR count). The average molecular weight is 1090 g/mol. The minimum absolute atomic E-state index is 0. The number of carbonyl (C=O) groups excluding carboxylic acids is 2. The molecular weight excluding hydrogens is 1040 g/mol. The molecule has 0 spiro atoms. The Bertz CT molecular complexity index is 2850. The first-order chi connectivity index (χ1) is 32.5. The summed E-state index contributed by atoms with van der Waals surface area (Å²) >= 11 is 15.0. The molecule has 0 bridgehead atoms. The van der Waals surface area contributed by atoms with Gasteiger partial charge in [0.25, 0.3) is 0 Å². The second-order valence-corrected chi connectivity index (χ2v) is 17.9. The molecule has 364 valence electrons. The van der Waals surface area contributed by atoms with Crippen LogP contribution in [0.1, 0.15) is 12.8 Å². The number of rotatable bonds is 13. The van der Waals surface area contributed by atoms with E-state index in [9.17, 15) is 18.4 Å². The number of allylic oxidation sites excluding steroid dienone is 1. The molecule has 2 aromatic heterocycles. The van der Waals surface area contributed by atoms with Gasteiger partial charge in [-0.3, -0.25) is 14.5 Å². The monoisotopic (exact) mass is 1090 g/mol. The van der Waals surface area contributed by atoms with E-state index in [0.29, 0.717) is 73.0 Å². The van der Waals surface area contributed by atoms with E-state index in [4.69, 9.17) is 32.7 Å². The maximum absolute atomic E-state index is 13.5. The Morgan fingerprint density at radius 2 is 1.17 bits per heavy atom. The molecule has 5 N–H and O–H groups in total. The topological polar surface area (TPSA) is 168 Å². The highest BCUT2D eigenvalue weighted by atomic mass is 79.9. The lowest BCUT2D eigenvalue weighted by molar-refractivity contribution is -0.112. The molecule has 4 aromatic carbocycles. The molecule has 21 heteroatoms. The van der Waals surface area contributed by atoms with Crippen LogP contribution in [0.15, 0.2) is 97.6 Å². The minimum Gasteiger partial charge on any atom is -0.494 e. The van der Waals surface area contributed by atoms with E-state index in [1.165, 1.54) is 83.1 Å². The number of methoxy groups -OCH3 is 2. The van der Waals surface area contributed by atoms with Crippen molar-refractivity contribution < 1.29 is 27.8 Å². The Balaban J connectivity index is 0.000000198. The van der Waals surface area contributed by atoms with Crippen molar-refractivity contribution in [1.82, 2.24) is 30.2 Å². The quantitative estimate of drug-likeness (QED) is 0.0549. The largest absolute Gasteiger partial charge is 0.494 e. The lowest BCUT2D eigenvalue weighted by atomic mass is 10.1. The second-order valence-electron chi connectivity index (χ2n) is 16.4. The van der Waals surface area contributed by atoms with Crippen molar-refractivity contribution in [3.05, 3.63) is 119 Å². The van der Waals surface area contributed by atoms with Crippen molar-refractivity contribution in [3.8, 4) is 11.5 Å². The van der Waals surface area contributed by atoms with Crippen LogP contribution in [0.3, 0.4) is 0 Å². The molecule has 0 radical (unpaired) electrons. The zero-order chi connectivity index (χ0) is 47.0. The summed E-state index contributed by atoms with van der Waals surface area (Å²) in [4.78, 5) is 44.1. The van der Waals surface area contributed by atoms with Gasteiger partial charge in [-0.05, 0) is 98.1 Å². The highest BCUT2D eigenvalue weighted by molar-refractivity contribution is 9.09. The van der Waals surface area contributed by atoms with Gasteiger partial charge in [-0.15, -0.1) is 24.8 Å². The molecule has 4 fully saturated rings. The molecule has 2 aliphatic carbocycles. The summed E-state index contributed by atoms with van der Waals surface area (Å²) in [5, 5.41) is 17.1. The highest BCUT2D eigenvalue weighted by Crippen LogP contribution is 2.45. The number of amides is 2. The van der Waals surface area contributed by atoms with Crippen LogP contribution in [0.25, 0.3) is 21.8 Å². The number of hydrogen-bond donors (Lipinski definition) is 5. The second kappa shape index (κ2) is 24.4. The fourth-order valence-corrected chi connectivity index (χ4v) is 8.59. The van der Waals surface area contributed by atoms with Gasteiger partial charge in [-0.2, -0.15) is 0 Å². The number of hydrogen-bond acceptors (Lipinski definition) is 12. The summed E-state index contributed by atoms with van der Waals surface area (Å²) in [6, 6.07) is 15.5. The average Bonchev–Trinajstić information content (AvgIpc) is 4.16. The third kappa shape index (κ3) is 13.9. The fourth-order valence-electron chi connectivity index (χ4n) is 8.04. The number of ether oxygens (including phenoxy) is 2. The molecule has 2 saturated carbocycles. The van der Waals surface area contributed by atoms with E-state index in [1.54, 1.807) is 48.6 Å². The summed E-state index contributed by atoms with van der Waals surface area (Å²) in [7, 11) is 3.04. The first-order valence-electron chi connectivity index (χ1n) is 21.5. The van der Waals surface area contributed by atoms with Gasteiger partial charge in [0.05, 0.1) is 46.7 Å². The number of likely N-dealkylation sites (tertiary alicyclic amines) is 1. The van der Waals surface area contributed by atoms with Gasteiger partial charge in [0.15, 0.2) is 0 Å². The molecule has 6 aromatic rings. The number of fused-ring (bicyclic) bond motifs is 4. The summed E-state index contributed by atoms with van der Waals surface area (Å²) in [6.07, 6.45) is 12.2. The van der Waals surface area contributed by atoms with E-state index >= 15 is 0 Å². The maximum atomic E-state index is 13.5. The smallest absolute Gasteiger partial charge is 0.248 e. The highest BCUT2D eigenvalue weighted by Gasteiger charge is 2.44. The van der Waals surface area contributed by atoms with E-state index < -0.39 is 11.6 Å². The number of nitrogens with zero attached hydrogens (tertiary/aromatic N) is 5. The third-order valence-electron chi connectivity index (χ3n) is 11.7. The van der Waals surface area contributed by atoms with Crippen LogP contribution in [0, 0.1) is 35.3 Å². The van der Waals surface area contributed by atoms with Gasteiger partial charge in [-0.1, -0.05) is 51.3 Å². The van der Waals surface area contributed by atoms with Crippen molar-refractivity contribution in [1.29, 1.82) is 0 Å². The minimum atomic E-state index is -0.508. The Hall–Kier alpha value is -5.40. The summed E-state index contributed by atoms with van der Waals surface area (Å²) < 4.78 is 37.7. The number of anilines is 6. The van der Waals surface area contributed by atoms with Gasteiger partial charge in [0.2, 0.25) is 11.8 Å². The van der Waals surface area contributed by atoms with E-state index in [2.05, 4.69) is 67.3 Å². The number of halogens is 7. The van der Waals surface area contributed by atoms with Crippen molar-refractivity contribution in [2.24, 2.45) is 23.7 Å². The maximum Gasteiger partial charge on any atom is 0.248 e. The molecule has 2 aliphatic heterocycles. The summed E-state index contributed by atoms with van der Waals surface area (Å²) in [5.41, 5.74) is 3.33. The van der Waals surface area contributed by atoms with Crippen LogP contribution in [0.2, 0.25) is 10.0 Å². The number of benzene rings is 4. The molecule has 4 unspecified atom stereocenters. The molecule has 14 nitrogen and oxygen atoms in total. The van der Waals surface area contributed by atoms with Crippen molar-refractivity contribution >= 4 is 132 Å². The van der Waals surface area contributed by atoms with Crippen molar-refractivity contribution in [3.63, 3.8) is 0 Å². The Morgan fingerprint density at radius 3 is 1.58 bits per heavy atom. The van der Waals surface area contributed by atoms with Crippen molar-refractivity contribution in [2.75, 3.05) is 73.5 Å². The van der Waals surface area contributed by atoms with Crippen LogP contribution in [0.5, 0.6) is 11.5 Å².